The molecule has 9 rings (SSSR count). The van der Waals surface area contributed by atoms with Gasteiger partial charge in [-0.25, -0.2) is 9.97 Å². The number of rotatable bonds is 6. The fraction of sp³-hybridized carbons (Fsp3) is 0.250. The molecule has 4 aromatic heterocycles. The zero-order chi connectivity index (χ0) is 27.6. The molecular weight excluding hydrogens is 528 g/mol. The van der Waals surface area contributed by atoms with E-state index < -0.39 is 0 Å². The van der Waals surface area contributed by atoms with E-state index in [0.29, 0.717) is 0 Å². The van der Waals surface area contributed by atoms with Crippen molar-refractivity contribution >= 4 is 33.7 Å². The van der Waals surface area contributed by atoms with E-state index in [1.165, 1.54) is 0 Å². The van der Waals surface area contributed by atoms with Crippen LogP contribution >= 0.6 is 0 Å². The molecule has 10 nitrogen and oxygen atoms in total. The molecule has 0 atom stereocenters. The second-order valence-electron chi connectivity index (χ2n) is 11.3. The van der Waals surface area contributed by atoms with Crippen LogP contribution in [-0.4, -0.2) is 57.8 Å². The fourth-order valence-corrected chi connectivity index (χ4v) is 7.07. The predicted octanol–water partition coefficient (Wildman–Crippen LogP) is 0.935. The average Bonchev–Trinajstić information content (AvgIpc) is 3.82. The van der Waals surface area contributed by atoms with Crippen molar-refractivity contribution in [2.75, 3.05) is 26.2 Å². The molecule has 1 saturated carbocycles. The molecule has 0 saturated heterocycles. The van der Waals surface area contributed by atoms with Gasteiger partial charge in [0.25, 0.3) is 11.7 Å². The summed E-state index contributed by atoms with van der Waals surface area (Å²) in [6, 6.07) is 20.8. The first-order valence-electron chi connectivity index (χ1n) is 14.6. The number of hydrogen-bond acceptors (Lipinski definition) is 6. The second-order valence-corrected chi connectivity index (χ2v) is 11.3. The van der Waals surface area contributed by atoms with Crippen LogP contribution in [0.1, 0.15) is 58.0 Å². The standard InChI is InChI=1S/C32H28N8O2/c1-3-23(41-13-1)25-27(31-37-19-7-5-17(15-21(19)39-31)29-33-9-10-34-29)26(24-4-2-14-42-24)28(25)32-38-20-8-6-18(16-22(20)40-32)30-35-11-12-36-30/h1-8,13-16,25-28H,9-12H2,(H,33,34)(H,35,36)(H,37,39)(H,38,40)/p+2. The Hall–Kier alpha value is -5.12. The minimum atomic E-state index is 0.00440. The predicted molar refractivity (Wildman–Crippen MR) is 156 cm³/mol. The van der Waals surface area contributed by atoms with Crippen molar-refractivity contribution in [3.63, 3.8) is 0 Å². The summed E-state index contributed by atoms with van der Waals surface area (Å²) < 4.78 is 12.1. The zero-order valence-electron chi connectivity index (χ0n) is 22.8. The molecule has 3 aliphatic rings. The number of hydrogen-bond donors (Lipinski definition) is 6. The van der Waals surface area contributed by atoms with Gasteiger partial charge < -0.3 is 18.8 Å². The first kappa shape index (κ1) is 23.6. The highest BCUT2D eigenvalue weighted by Gasteiger charge is 2.58. The summed E-state index contributed by atoms with van der Waals surface area (Å²) in [4.78, 5) is 24.4. The molecule has 0 amide bonds. The Bertz CT molecular complexity index is 1830. The molecule has 6 N–H and O–H groups in total. The molecule has 42 heavy (non-hydrogen) atoms. The summed E-state index contributed by atoms with van der Waals surface area (Å²) in [6.45, 7) is 3.71. The van der Waals surface area contributed by atoms with E-state index in [1.54, 1.807) is 12.5 Å². The molecular formula is C32H30N8O2+2. The minimum absolute atomic E-state index is 0.00440. The maximum atomic E-state index is 6.07. The van der Waals surface area contributed by atoms with Crippen LogP contribution in [0.25, 0.3) is 22.1 Å². The molecule has 0 spiro atoms. The number of amidine groups is 2. The van der Waals surface area contributed by atoms with Crippen molar-refractivity contribution in [1.82, 2.24) is 30.6 Å². The lowest BCUT2D eigenvalue weighted by molar-refractivity contribution is -0.444. The Morgan fingerprint density at radius 1 is 0.619 bits per heavy atom. The number of aromatic nitrogens is 4. The van der Waals surface area contributed by atoms with Crippen LogP contribution in [0.4, 0.5) is 0 Å². The van der Waals surface area contributed by atoms with Gasteiger partial charge in [-0.3, -0.25) is 20.6 Å². The van der Waals surface area contributed by atoms with Crippen molar-refractivity contribution in [2.24, 2.45) is 0 Å². The summed E-state index contributed by atoms with van der Waals surface area (Å²) in [5.41, 5.74) is 6.14. The third kappa shape index (κ3) is 3.64. The monoisotopic (exact) mass is 558 g/mol. The van der Waals surface area contributed by atoms with E-state index in [2.05, 4.69) is 79.1 Å². The van der Waals surface area contributed by atoms with Gasteiger partial charge in [-0.1, -0.05) is 0 Å². The van der Waals surface area contributed by atoms with Crippen LogP contribution in [0.2, 0.25) is 0 Å². The number of aromatic amines is 2. The highest BCUT2D eigenvalue weighted by atomic mass is 16.3. The maximum absolute atomic E-state index is 6.07. The zero-order valence-corrected chi connectivity index (χ0v) is 22.8. The fourth-order valence-electron chi connectivity index (χ4n) is 7.07. The SMILES string of the molecule is c1coc(C2C(c3nc4ccc(C5=[NH+]CCN5)cc4[nH]3)C(c3ccco3)C2c2nc3ccc(C4=[NH+]CCN4)cc3[nH]2)c1. The Morgan fingerprint density at radius 2 is 1.12 bits per heavy atom. The number of imidazole rings is 2. The maximum Gasteiger partial charge on any atom is 0.275 e. The first-order chi connectivity index (χ1) is 20.8. The smallest absolute Gasteiger partial charge is 0.275 e. The van der Waals surface area contributed by atoms with Crippen molar-refractivity contribution < 1.29 is 18.8 Å². The van der Waals surface area contributed by atoms with Crippen LogP contribution in [0.5, 0.6) is 0 Å². The molecule has 2 aromatic carbocycles. The number of H-pyrrole nitrogens is 2. The number of nitrogens with zero attached hydrogens (tertiary/aromatic N) is 2. The van der Waals surface area contributed by atoms with Gasteiger partial charge in [0.05, 0.1) is 45.7 Å². The highest BCUT2D eigenvalue weighted by molar-refractivity contribution is 5.98. The van der Waals surface area contributed by atoms with E-state index >= 15 is 0 Å². The molecule has 0 bridgehead atoms. The molecule has 1 fully saturated rings. The summed E-state index contributed by atoms with van der Waals surface area (Å²) in [5, 5.41) is 6.85. The highest BCUT2D eigenvalue weighted by Crippen LogP contribution is 2.65. The normalized spacial score (nSPS) is 23.5. The average molecular weight is 559 g/mol. The van der Waals surface area contributed by atoms with Crippen molar-refractivity contribution in [1.29, 1.82) is 0 Å². The number of benzene rings is 2. The molecule has 0 radical (unpaired) electrons. The molecule has 6 heterocycles. The van der Waals surface area contributed by atoms with Crippen LogP contribution in [-0.2, 0) is 0 Å². The molecule has 208 valence electrons. The van der Waals surface area contributed by atoms with Gasteiger partial charge in [0.15, 0.2) is 0 Å². The van der Waals surface area contributed by atoms with E-state index in [4.69, 9.17) is 18.8 Å². The van der Waals surface area contributed by atoms with Gasteiger partial charge >= 0.3 is 0 Å². The second kappa shape index (κ2) is 9.20. The van der Waals surface area contributed by atoms with Crippen LogP contribution in [0, 0.1) is 0 Å². The molecule has 2 aliphatic heterocycles. The van der Waals surface area contributed by atoms with Crippen LogP contribution < -0.4 is 20.6 Å². The Labute approximate surface area is 240 Å². The van der Waals surface area contributed by atoms with E-state index in [0.717, 1.165) is 94.2 Å². The van der Waals surface area contributed by atoms with E-state index in [-0.39, 0.29) is 23.7 Å². The lowest BCUT2D eigenvalue weighted by Gasteiger charge is -2.48. The Morgan fingerprint density at radius 3 is 1.52 bits per heavy atom. The molecule has 6 aromatic rings. The van der Waals surface area contributed by atoms with Gasteiger partial charge in [-0.15, -0.1) is 0 Å². The lowest BCUT2D eigenvalue weighted by atomic mass is 9.54. The van der Waals surface area contributed by atoms with Crippen molar-refractivity contribution in [2.45, 2.75) is 23.7 Å². The van der Waals surface area contributed by atoms with Gasteiger partial charge in [0.2, 0.25) is 0 Å². The van der Waals surface area contributed by atoms with Crippen molar-refractivity contribution in [3.8, 4) is 0 Å². The summed E-state index contributed by atoms with van der Waals surface area (Å²) >= 11 is 0. The van der Waals surface area contributed by atoms with Crippen LogP contribution in [0.15, 0.2) is 82.0 Å². The number of nitrogens with one attached hydrogen (secondary N) is 6. The summed E-state index contributed by atoms with van der Waals surface area (Å²) in [7, 11) is 0. The lowest BCUT2D eigenvalue weighted by Crippen LogP contribution is -2.70. The third-order valence-electron chi connectivity index (χ3n) is 8.96. The van der Waals surface area contributed by atoms with Gasteiger partial charge in [0.1, 0.15) is 49.3 Å². The topological polar surface area (TPSA) is 136 Å². The van der Waals surface area contributed by atoms with E-state index in [1.807, 2.05) is 12.1 Å². The summed E-state index contributed by atoms with van der Waals surface area (Å²) in [6.07, 6.45) is 3.49. The van der Waals surface area contributed by atoms with Gasteiger partial charge in [-0.05, 0) is 60.7 Å². The molecule has 0 unspecified atom stereocenters. The summed E-state index contributed by atoms with van der Waals surface area (Å²) in [5.74, 6) is 5.83. The number of fused-ring (bicyclic) bond motifs is 2. The number of furan rings is 2. The quantitative estimate of drug-likeness (QED) is 0.180. The largest absolute Gasteiger partial charge is 0.469 e. The Kier molecular flexibility index (Phi) is 5.16. The van der Waals surface area contributed by atoms with Gasteiger partial charge in [0, 0.05) is 23.7 Å². The van der Waals surface area contributed by atoms with Crippen molar-refractivity contribution in [3.05, 3.63) is 107 Å². The molecule has 1 aliphatic carbocycles. The third-order valence-corrected chi connectivity index (χ3v) is 8.96. The molecule has 10 heteroatoms. The Balaban J connectivity index is 1.15. The van der Waals surface area contributed by atoms with E-state index in [9.17, 15) is 0 Å². The van der Waals surface area contributed by atoms with Gasteiger partial charge in [-0.2, -0.15) is 0 Å². The van der Waals surface area contributed by atoms with Crippen LogP contribution in [0.3, 0.4) is 0 Å². The first-order valence-corrected chi connectivity index (χ1v) is 14.6. The minimum Gasteiger partial charge on any atom is -0.469 e.